The van der Waals surface area contributed by atoms with Gasteiger partial charge < -0.3 is 5.11 Å². The van der Waals surface area contributed by atoms with Crippen molar-refractivity contribution in [2.24, 2.45) is 0 Å². The molecule has 0 fully saturated rings. The molecule has 0 bridgehead atoms. The van der Waals surface area contributed by atoms with Crippen LogP contribution in [0.2, 0.25) is 0 Å². The van der Waals surface area contributed by atoms with E-state index in [1.807, 2.05) is 6.92 Å². The van der Waals surface area contributed by atoms with Gasteiger partial charge in [-0.15, -0.1) is 0 Å². The molecule has 0 heterocycles. The molecule has 0 aliphatic rings. The lowest BCUT2D eigenvalue weighted by Gasteiger charge is -1.98. The standard InChI is InChI=1S/C18H30O2/c1-2-3-4-5-6-7-8-9-10-11-12-13-14-15-16-17-18(19)20/h2-3,5-6,9-10H,4,7-8,11-17H2,1H3,(H,19,20). The molecule has 0 aliphatic carbocycles. The maximum absolute atomic E-state index is 10.3. The highest BCUT2D eigenvalue weighted by molar-refractivity contribution is 5.66. The molecule has 0 saturated carbocycles. The van der Waals surface area contributed by atoms with E-state index in [0.717, 1.165) is 44.9 Å². The molecule has 114 valence electrons. The number of aliphatic carboxylic acids is 1. The Morgan fingerprint density at radius 1 is 0.800 bits per heavy atom. The lowest BCUT2D eigenvalue weighted by atomic mass is 10.1. The van der Waals surface area contributed by atoms with E-state index in [1.165, 1.54) is 12.8 Å². The topological polar surface area (TPSA) is 37.3 Å². The highest BCUT2D eigenvalue weighted by atomic mass is 16.4. The van der Waals surface area contributed by atoms with Crippen molar-refractivity contribution in [1.29, 1.82) is 0 Å². The zero-order chi connectivity index (χ0) is 14.9. The van der Waals surface area contributed by atoms with Gasteiger partial charge in [0.25, 0.3) is 0 Å². The van der Waals surface area contributed by atoms with Crippen molar-refractivity contribution in [3.05, 3.63) is 36.5 Å². The maximum Gasteiger partial charge on any atom is 0.303 e. The van der Waals surface area contributed by atoms with E-state index in [4.69, 9.17) is 5.11 Å². The summed E-state index contributed by atoms with van der Waals surface area (Å²) in [6.07, 6.45) is 23.5. The number of carboxylic acids is 1. The fourth-order valence-corrected chi connectivity index (χ4v) is 1.93. The van der Waals surface area contributed by atoms with Crippen molar-refractivity contribution in [3.8, 4) is 0 Å². The Kier molecular flexibility index (Phi) is 14.7. The number of allylic oxidation sites excluding steroid dienone is 6. The third-order valence-corrected chi connectivity index (χ3v) is 3.10. The predicted octanol–water partition coefficient (Wildman–Crippen LogP) is 5.66. The molecule has 0 atom stereocenters. The lowest BCUT2D eigenvalue weighted by molar-refractivity contribution is -0.137. The minimum Gasteiger partial charge on any atom is -0.481 e. The van der Waals surface area contributed by atoms with E-state index < -0.39 is 5.97 Å². The predicted molar refractivity (Wildman–Crippen MR) is 86.9 cm³/mol. The van der Waals surface area contributed by atoms with Crippen molar-refractivity contribution in [2.45, 2.75) is 71.1 Å². The van der Waals surface area contributed by atoms with Crippen LogP contribution in [0.1, 0.15) is 71.1 Å². The minimum absolute atomic E-state index is 0.321. The quantitative estimate of drug-likeness (QED) is 0.348. The van der Waals surface area contributed by atoms with Crippen LogP contribution in [0.5, 0.6) is 0 Å². The third-order valence-electron chi connectivity index (χ3n) is 3.10. The summed E-state index contributed by atoms with van der Waals surface area (Å²) < 4.78 is 0. The van der Waals surface area contributed by atoms with Crippen LogP contribution in [0, 0.1) is 0 Å². The second kappa shape index (κ2) is 15.7. The van der Waals surface area contributed by atoms with E-state index in [2.05, 4.69) is 36.5 Å². The monoisotopic (exact) mass is 278 g/mol. The molecule has 0 unspecified atom stereocenters. The van der Waals surface area contributed by atoms with Crippen molar-refractivity contribution in [1.82, 2.24) is 0 Å². The second-order valence-electron chi connectivity index (χ2n) is 5.03. The van der Waals surface area contributed by atoms with Gasteiger partial charge in [-0.2, -0.15) is 0 Å². The summed E-state index contributed by atoms with van der Waals surface area (Å²) in [6, 6.07) is 0. The van der Waals surface area contributed by atoms with Crippen LogP contribution in [-0.2, 0) is 4.79 Å². The van der Waals surface area contributed by atoms with Crippen LogP contribution in [0.15, 0.2) is 36.5 Å². The molecule has 20 heavy (non-hydrogen) atoms. The SMILES string of the molecule is CC=CCC=CCCC=CCCCCCCCC(=O)O. The molecular formula is C18H30O2. The highest BCUT2D eigenvalue weighted by Crippen LogP contribution is 2.08. The first kappa shape index (κ1) is 18.7. The molecule has 0 rings (SSSR count). The van der Waals surface area contributed by atoms with E-state index in [1.54, 1.807) is 0 Å². The van der Waals surface area contributed by atoms with Crippen LogP contribution in [0.3, 0.4) is 0 Å². The van der Waals surface area contributed by atoms with Crippen molar-refractivity contribution in [3.63, 3.8) is 0 Å². The minimum atomic E-state index is -0.673. The molecule has 2 nitrogen and oxygen atoms in total. The van der Waals surface area contributed by atoms with E-state index in [-0.39, 0.29) is 0 Å². The molecule has 0 saturated heterocycles. The second-order valence-corrected chi connectivity index (χ2v) is 5.03. The molecule has 0 radical (unpaired) electrons. The molecule has 0 aromatic carbocycles. The maximum atomic E-state index is 10.3. The summed E-state index contributed by atoms with van der Waals surface area (Å²) in [5, 5.41) is 8.50. The Hall–Kier alpha value is -1.31. The first-order chi connectivity index (χ1) is 9.77. The zero-order valence-corrected chi connectivity index (χ0v) is 12.9. The van der Waals surface area contributed by atoms with Crippen molar-refractivity contribution >= 4 is 5.97 Å². The molecule has 1 N–H and O–H groups in total. The van der Waals surface area contributed by atoms with Crippen molar-refractivity contribution in [2.75, 3.05) is 0 Å². The highest BCUT2D eigenvalue weighted by Gasteiger charge is 1.95. The summed E-state index contributed by atoms with van der Waals surface area (Å²) in [4.78, 5) is 10.3. The Morgan fingerprint density at radius 3 is 2.10 bits per heavy atom. The van der Waals surface area contributed by atoms with Gasteiger partial charge in [0.1, 0.15) is 0 Å². The van der Waals surface area contributed by atoms with E-state index in [0.29, 0.717) is 6.42 Å². The average molecular weight is 278 g/mol. The van der Waals surface area contributed by atoms with Gasteiger partial charge in [-0.25, -0.2) is 0 Å². The van der Waals surface area contributed by atoms with Crippen molar-refractivity contribution < 1.29 is 9.90 Å². The molecular weight excluding hydrogens is 248 g/mol. The normalized spacial score (nSPS) is 12.1. The van der Waals surface area contributed by atoms with E-state index >= 15 is 0 Å². The van der Waals surface area contributed by atoms with Crippen LogP contribution < -0.4 is 0 Å². The molecule has 0 aliphatic heterocycles. The van der Waals surface area contributed by atoms with Gasteiger partial charge in [0.05, 0.1) is 0 Å². The lowest BCUT2D eigenvalue weighted by Crippen LogP contribution is -1.93. The third kappa shape index (κ3) is 16.7. The fraction of sp³-hybridized carbons (Fsp3) is 0.611. The number of rotatable bonds is 13. The molecule has 0 spiro atoms. The first-order valence-electron chi connectivity index (χ1n) is 7.90. The summed E-state index contributed by atoms with van der Waals surface area (Å²) in [7, 11) is 0. The Balaban J connectivity index is 3.20. The summed E-state index contributed by atoms with van der Waals surface area (Å²) in [5.74, 6) is -0.673. The smallest absolute Gasteiger partial charge is 0.303 e. The number of hydrogen-bond acceptors (Lipinski definition) is 1. The summed E-state index contributed by atoms with van der Waals surface area (Å²) in [6.45, 7) is 2.04. The van der Waals surface area contributed by atoms with Gasteiger partial charge in [-0.1, -0.05) is 55.7 Å². The van der Waals surface area contributed by atoms with Gasteiger partial charge in [-0.05, 0) is 45.4 Å². The zero-order valence-electron chi connectivity index (χ0n) is 12.9. The van der Waals surface area contributed by atoms with Gasteiger partial charge >= 0.3 is 5.97 Å². The average Bonchev–Trinajstić information content (AvgIpc) is 2.43. The molecule has 0 amide bonds. The summed E-state index contributed by atoms with van der Waals surface area (Å²) in [5.41, 5.74) is 0. The van der Waals surface area contributed by atoms with Gasteiger partial charge in [0, 0.05) is 6.42 Å². The molecule has 2 heteroatoms. The van der Waals surface area contributed by atoms with Gasteiger partial charge in [0.15, 0.2) is 0 Å². The van der Waals surface area contributed by atoms with Gasteiger partial charge in [0.2, 0.25) is 0 Å². The van der Waals surface area contributed by atoms with Crippen LogP contribution in [-0.4, -0.2) is 11.1 Å². The Bertz CT molecular complexity index is 301. The number of unbranched alkanes of at least 4 members (excludes halogenated alkanes) is 6. The Labute approximate surface area is 124 Å². The number of carbonyl (C=O) groups is 1. The summed E-state index contributed by atoms with van der Waals surface area (Å²) >= 11 is 0. The molecule has 0 aromatic heterocycles. The van der Waals surface area contributed by atoms with E-state index in [9.17, 15) is 4.79 Å². The van der Waals surface area contributed by atoms with Gasteiger partial charge in [-0.3, -0.25) is 4.79 Å². The van der Waals surface area contributed by atoms with Crippen LogP contribution in [0.25, 0.3) is 0 Å². The van der Waals surface area contributed by atoms with Crippen LogP contribution >= 0.6 is 0 Å². The Morgan fingerprint density at radius 2 is 1.40 bits per heavy atom. The fourth-order valence-electron chi connectivity index (χ4n) is 1.93. The largest absolute Gasteiger partial charge is 0.481 e. The number of hydrogen-bond donors (Lipinski definition) is 1. The number of carboxylic acid groups (broad SMARTS) is 1. The van der Waals surface area contributed by atoms with Crippen LogP contribution in [0.4, 0.5) is 0 Å². The molecule has 0 aromatic rings. The first-order valence-corrected chi connectivity index (χ1v) is 7.90.